The molecule has 1 aromatic rings. The van der Waals surface area contributed by atoms with E-state index in [0.29, 0.717) is 16.2 Å². The highest BCUT2D eigenvalue weighted by Gasteiger charge is 2.01. The van der Waals surface area contributed by atoms with Crippen molar-refractivity contribution in [3.8, 4) is 0 Å². The first kappa shape index (κ1) is 9.42. The Balaban J connectivity index is 2.82. The first-order valence-corrected chi connectivity index (χ1v) is 5.01. The maximum Gasteiger partial charge on any atom is 0.132 e. The molecule has 0 bridgehead atoms. The van der Waals surface area contributed by atoms with E-state index in [0.717, 1.165) is 0 Å². The van der Waals surface area contributed by atoms with E-state index >= 15 is 0 Å². The van der Waals surface area contributed by atoms with Crippen LogP contribution in [-0.2, 0) is 15.6 Å². The summed E-state index contributed by atoms with van der Waals surface area (Å²) >= 11 is 5.62. The molecule has 0 aliphatic carbocycles. The van der Waals surface area contributed by atoms with Gasteiger partial charge in [-0.15, -0.1) is 0 Å². The molecular formula is C8H7ClO2S. The second-order valence-corrected chi connectivity index (χ2v) is 4.06. The van der Waals surface area contributed by atoms with Crippen LogP contribution in [0.25, 0.3) is 0 Å². The van der Waals surface area contributed by atoms with Crippen LogP contribution in [0, 0.1) is 0 Å². The summed E-state index contributed by atoms with van der Waals surface area (Å²) in [7, 11) is -1.22. The van der Waals surface area contributed by atoms with Crippen LogP contribution in [0.15, 0.2) is 29.2 Å². The van der Waals surface area contributed by atoms with Gasteiger partial charge in [-0.2, -0.15) is 0 Å². The van der Waals surface area contributed by atoms with Gasteiger partial charge in [0, 0.05) is 9.92 Å². The van der Waals surface area contributed by atoms with Crippen LogP contribution in [0.1, 0.15) is 0 Å². The van der Waals surface area contributed by atoms with E-state index in [4.69, 9.17) is 11.6 Å². The van der Waals surface area contributed by atoms with Crippen molar-refractivity contribution in [3.63, 3.8) is 0 Å². The van der Waals surface area contributed by atoms with Gasteiger partial charge in [0.15, 0.2) is 0 Å². The Kier molecular flexibility index (Phi) is 3.44. The maximum atomic E-state index is 11.2. The van der Waals surface area contributed by atoms with E-state index in [9.17, 15) is 9.00 Å². The molecule has 12 heavy (non-hydrogen) atoms. The quantitative estimate of drug-likeness (QED) is 0.699. The second kappa shape index (κ2) is 4.38. The van der Waals surface area contributed by atoms with Crippen molar-refractivity contribution in [1.82, 2.24) is 0 Å². The van der Waals surface area contributed by atoms with Gasteiger partial charge >= 0.3 is 0 Å². The molecule has 1 atom stereocenters. The van der Waals surface area contributed by atoms with Crippen LogP contribution >= 0.6 is 11.6 Å². The largest absolute Gasteiger partial charge is 0.302 e. The Morgan fingerprint density at radius 1 is 1.33 bits per heavy atom. The lowest BCUT2D eigenvalue weighted by Gasteiger charge is -1.96. The minimum atomic E-state index is -1.22. The average Bonchev–Trinajstić information content (AvgIpc) is 2.06. The van der Waals surface area contributed by atoms with Gasteiger partial charge in [0.2, 0.25) is 0 Å². The Morgan fingerprint density at radius 3 is 2.42 bits per heavy atom. The number of halogens is 1. The molecule has 0 amide bonds. The predicted molar refractivity (Wildman–Crippen MR) is 48.8 cm³/mol. The minimum Gasteiger partial charge on any atom is -0.302 e. The topological polar surface area (TPSA) is 34.1 Å². The molecule has 0 radical (unpaired) electrons. The van der Waals surface area contributed by atoms with Crippen LogP contribution in [0.5, 0.6) is 0 Å². The van der Waals surface area contributed by atoms with Gasteiger partial charge in [-0.05, 0) is 24.3 Å². The highest BCUT2D eigenvalue weighted by molar-refractivity contribution is 7.85. The van der Waals surface area contributed by atoms with Crippen molar-refractivity contribution >= 4 is 28.7 Å². The van der Waals surface area contributed by atoms with E-state index in [2.05, 4.69) is 0 Å². The van der Waals surface area contributed by atoms with Crippen molar-refractivity contribution in [2.45, 2.75) is 4.90 Å². The fourth-order valence-corrected chi connectivity index (χ4v) is 1.63. The number of rotatable bonds is 3. The standard InChI is InChI=1S/C8H7ClO2S/c9-7-1-3-8(4-2-7)12(11)6-5-10/h1-5H,6H2. The fourth-order valence-electron chi connectivity index (χ4n) is 0.744. The first-order chi connectivity index (χ1) is 5.74. The van der Waals surface area contributed by atoms with Crippen LogP contribution in [0.2, 0.25) is 5.02 Å². The second-order valence-electron chi connectivity index (χ2n) is 2.13. The zero-order valence-corrected chi connectivity index (χ0v) is 7.77. The summed E-state index contributed by atoms with van der Waals surface area (Å²) in [5.41, 5.74) is 0. The van der Waals surface area contributed by atoms with Gasteiger partial charge in [-0.1, -0.05) is 11.6 Å². The number of hydrogen-bond donors (Lipinski definition) is 0. The predicted octanol–water partition coefficient (Wildman–Crippen LogP) is 1.65. The highest BCUT2D eigenvalue weighted by atomic mass is 35.5. The van der Waals surface area contributed by atoms with Gasteiger partial charge in [-0.3, -0.25) is 4.21 Å². The van der Waals surface area contributed by atoms with Crippen LogP contribution in [0.3, 0.4) is 0 Å². The normalized spacial score (nSPS) is 12.4. The summed E-state index contributed by atoms with van der Waals surface area (Å²) < 4.78 is 11.2. The summed E-state index contributed by atoms with van der Waals surface area (Å²) in [6.07, 6.45) is 0.644. The molecule has 64 valence electrons. The monoisotopic (exact) mass is 202 g/mol. The van der Waals surface area contributed by atoms with E-state index in [-0.39, 0.29) is 5.75 Å². The summed E-state index contributed by atoms with van der Waals surface area (Å²) in [4.78, 5) is 10.7. The number of carbonyl (C=O) groups is 1. The molecule has 2 nitrogen and oxygen atoms in total. The third kappa shape index (κ3) is 2.43. The molecule has 1 aromatic carbocycles. The van der Waals surface area contributed by atoms with Crippen molar-refractivity contribution in [1.29, 1.82) is 0 Å². The van der Waals surface area contributed by atoms with Gasteiger partial charge in [-0.25, -0.2) is 0 Å². The number of carbonyl (C=O) groups excluding carboxylic acids is 1. The maximum absolute atomic E-state index is 11.2. The fraction of sp³-hybridized carbons (Fsp3) is 0.125. The third-order valence-corrected chi connectivity index (χ3v) is 2.78. The van der Waals surface area contributed by atoms with Crippen molar-refractivity contribution < 1.29 is 9.00 Å². The van der Waals surface area contributed by atoms with Gasteiger partial charge < -0.3 is 4.79 Å². The lowest BCUT2D eigenvalue weighted by atomic mass is 10.4. The third-order valence-electron chi connectivity index (χ3n) is 1.30. The van der Waals surface area contributed by atoms with Gasteiger partial charge in [0.25, 0.3) is 0 Å². The molecule has 1 unspecified atom stereocenters. The zero-order chi connectivity index (χ0) is 8.97. The Bertz CT molecular complexity index is 294. The molecule has 4 heteroatoms. The molecule has 0 saturated heterocycles. The first-order valence-electron chi connectivity index (χ1n) is 3.31. The summed E-state index contributed by atoms with van der Waals surface area (Å²) in [6, 6.07) is 6.61. The number of benzene rings is 1. The van der Waals surface area contributed by atoms with Gasteiger partial charge in [0.05, 0.1) is 16.6 Å². The smallest absolute Gasteiger partial charge is 0.132 e. The van der Waals surface area contributed by atoms with Gasteiger partial charge in [0.1, 0.15) is 6.29 Å². The van der Waals surface area contributed by atoms with Crippen LogP contribution < -0.4 is 0 Å². The van der Waals surface area contributed by atoms with Crippen LogP contribution in [-0.4, -0.2) is 16.2 Å². The van der Waals surface area contributed by atoms with E-state index in [1.807, 2.05) is 0 Å². The molecule has 0 aliphatic heterocycles. The van der Waals surface area contributed by atoms with Crippen molar-refractivity contribution in [3.05, 3.63) is 29.3 Å². The molecule has 0 saturated carbocycles. The average molecular weight is 203 g/mol. The zero-order valence-electron chi connectivity index (χ0n) is 6.20. The minimum absolute atomic E-state index is 0.0433. The van der Waals surface area contributed by atoms with Crippen molar-refractivity contribution in [2.24, 2.45) is 0 Å². The van der Waals surface area contributed by atoms with Crippen molar-refractivity contribution in [2.75, 3.05) is 5.75 Å². The van der Waals surface area contributed by atoms with E-state index in [1.165, 1.54) is 0 Å². The van der Waals surface area contributed by atoms with E-state index in [1.54, 1.807) is 24.3 Å². The van der Waals surface area contributed by atoms with E-state index < -0.39 is 10.8 Å². The highest BCUT2D eigenvalue weighted by Crippen LogP contribution is 2.12. The molecule has 0 N–H and O–H groups in total. The Hall–Kier alpha value is -0.670. The Morgan fingerprint density at radius 2 is 1.92 bits per heavy atom. The Labute approximate surface area is 78.0 Å². The summed E-state index contributed by atoms with van der Waals surface area (Å²) in [6.45, 7) is 0. The van der Waals surface area contributed by atoms with Crippen LogP contribution in [0.4, 0.5) is 0 Å². The summed E-state index contributed by atoms with van der Waals surface area (Å²) in [5, 5.41) is 0.599. The molecule has 0 fully saturated rings. The SMILES string of the molecule is O=CCS(=O)c1ccc(Cl)cc1. The molecule has 0 aromatic heterocycles. The number of aldehydes is 1. The number of hydrogen-bond acceptors (Lipinski definition) is 2. The molecule has 0 spiro atoms. The molecule has 0 heterocycles. The molecule has 0 aliphatic rings. The molecule has 1 rings (SSSR count). The molecular weight excluding hydrogens is 196 g/mol. The lowest BCUT2D eigenvalue weighted by molar-refractivity contribution is -0.105. The summed E-state index contributed by atoms with van der Waals surface area (Å²) in [5.74, 6) is 0.0433. The lowest BCUT2D eigenvalue weighted by Crippen LogP contribution is -1.97.